The van der Waals surface area contributed by atoms with Gasteiger partial charge < -0.3 is 51.8 Å². The summed E-state index contributed by atoms with van der Waals surface area (Å²) in [5, 5.41) is 19.1. The highest BCUT2D eigenvalue weighted by Crippen LogP contribution is 2.32. The summed E-state index contributed by atoms with van der Waals surface area (Å²) in [4.78, 5) is 73.3. The van der Waals surface area contributed by atoms with Crippen LogP contribution >= 0.6 is 0 Å². The molecule has 2 aliphatic heterocycles. The molecule has 2 atom stereocenters. The number of anilines is 4. The van der Waals surface area contributed by atoms with Gasteiger partial charge in [0.2, 0.25) is 23.6 Å². The summed E-state index contributed by atoms with van der Waals surface area (Å²) >= 11 is 0. The van der Waals surface area contributed by atoms with Crippen molar-refractivity contribution in [2.75, 3.05) is 21.3 Å². The third kappa shape index (κ3) is 13.4. The van der Waals surface area contributed by atoms with Crippen molar-refractivity contribution >= 4 is 58.3 Å². The third-order valence-electron chi connectivity index (χ3n) is 8.63. The minimum absolute atomic E-state index is 0.0310. The van der Waals surface area contributed by atoms with Crippen LogP contribution in [-0.2, 0) is 51.2 Å². The van der Waals surface area contributed by atoms with Crippen LogP contribution in [0.3, 0.4) is 0 Å². The monoisotopic (exact) mass is 810 g/mol. The molecule has 0 saturated heterocycles. The van der Waals surface area contributed by atoms with Crippen LogP contribution < -0.4 is 42.2 Å². The Morgan fingerprint density at radius 2 is 1.03 bits per heavy atom. The Hall–Kier alpha value is -6.82. The second-order valence-corrected chi connectivity index (χ2v) is 14.7. The molecule has 310 valence electrons. The summed E-state index contributed by atoms with van der Waals surface area (Å²) in [6, 6.07) is 22.5. The largest absolute Gasteiger partial charge is 0.460 e. The smallest absolute Gasteiger partial charge is 0.342 e. The highest BCUT2D eigenvalue weighted by molar-refractivity contribution is 6.00. The maximum absolute atomic E-state index is 12.3. The molecular formula is C42H46N6O11. The number of fused-ring (bicyclic) bond motifs is 2. The number of carbonyl (C=O) groups is 6. The van der Waals surface area contributed by atoms with E-state index >= 15 is 0 Å². The van der Waals surface area contributed by atoms with Crippen molar-refractivity contribution in [3.8, 4) is 23.0 Å². The molecule has 9 N–H and O–H groups in total. The first-order valence-electron chi connectivity index (χ1n) is 18.6. The van der Waals surface area contributed by atoms with Gasteiger partial charge in [0.25, 0.3) is 0 Å². The van der Waals surface area contributed by atoms with Crippen molar-refractivity contribution in [1.82, 2.24) is 0 Å². The maximum atomic E-state index is 12.3. The van der Waals surface area contributed by atoms with Crippen LogP contribution in [0.25, 0.3) is 0 Å². The lowest BCUT2D eigenvalue weighted by Gasteiger charge is -2.20. The van der Waals surface area contributed by atoms with Crippen molar-refractivity contribution in [3.05, 3.63) is 96.1 Å². The molecule has 0 saturated carbocycles. The summed E-state index contributed by atoms with van der Waals surface area (Å²) in [6.07, 6.45) is 0.805. The second kappa shape index (κ2) is 19.6. The van der Waals surface area contributed by atoms with Crippen LogP contribution in [0.2, 0.25) is 0 Å². The minimum atomic E-state index is -0.919. The Morgan fingerprint density at radius 3 is 1.42 bits per heavy atom. The number of hydrogen-bond donors (Lipinski definition) is 7. The standard InChI is InChI=1S/C23H27N3O5.C19H19N3O6/c1-23(2,3)31-21(28)11-9-18(24)22(29)25-15-4-6-16(7-5-15)30-17-8-10-19-14(12-17)13-20(27)26-19;20-15(6-8-18(24)28-26)19(25)21-12-1-3-13(4-2-12)27-14-5-7-16-11(9-14)10-17(23)22-16/h4-8,10,12,18H,9,11,13,24H2,1-3H3,(H,25,29)(H,26,27);1-5,7,9,15,26H,6,8,10,20H2,(H,21,25)(H,22,23)/t18-;15-/m00/s1. The summed E-state index contributed by atoms with van der Waals surface area (Å²) in [5.41, 5.74) is 15.5. The zero-order chi connectivity index (χ0) is 42.7. The van der Waals surface area contributed by atoms with Gasteiger partial charge in [-0.05, 0) is 130 Å². The van der Waals surface area contributed by atoms with Crippen molar-refractivity contribution in [3.63, 3.8) is 0 Å². The first kappa shape index (κ1) is 43.3. The predicted octanol–water partition coefficient (Wildman–Crippen LogP) is 5.40. The average Bonchev–Trinajstić information content (AvgIpc) is 3.76. The van der Waals surface area contributed by atoms with E-state index in [2.05, 4.69) is 26.2 Å². The summed E-state index contributed by atoms with van der Waals surface area (Å²) < 4.78 is 16.8. The van der Waals surface area contributed by atoms with Crippen LogP contribution in [0.1, 0.15) is 57.6 Å². The van der Waals surface area contributed by atoms with Gasteiger partial charge in [-0.2, -0.15) is 5.26 Å². The van der Waals surface area contributed by atoms with Gasteiger partial charge in [0.15, 0.2) is 0 Å². The second-order valence-electron chi connectivity index (χ2n) is 14.7. The SMILES string of the molecule is CC(C)(C)OC(=O)CC[C@H](N)C(=O)Nc1ccc(Oc2ccc3c(c2)CC(=O)N3)cc1.N[C@@H](CCC(=O)OO)C(=O)Nc1ccc(Oc2ccc3c(c2)CC(=O)N3)cc1. The summed E-state index contributed by atoms with van der Waals surface area (Å²) in [7, 11) is 0. The van der Waals surface area contributed by atoms with E-state index in [0.717, 1.165) is 22.5 Å². The highest BCUT2D eigenvalue weighted by Gasteiger charge is 2.22. The van der Waals surface area contributed by atoms with E-state index in [1.165, 1.54) is 0 Å². The lowest BCUT2D eigenvalue weighted by atomic mass is 10.1. The molecule has 0 aliphatic carbocycles. The number of benzene rings is 4. The third-order valence-corrected chi connectivity index (χ3v) is 8.63. The molecule has 4 aromatic carbocycles. The van der Waals surface area contributed by atoms with Crippen molar-refractivity contribution in [1.29, 1.82) is 0 Å². The van der Waals surface area contributed by atoms with Gasteiger partial charge in [0, 0.05) is 29.2 Å². The van der Waals surface area contributed by atoms with Crippen LogP contribution in [0.15, 0.2) is 84.9 Å². The number of hydrogen-bond acceptors (Lipinski definition) is 13. The Kier molecular flexibility index (Phi) is 14.4. The number of nitrogens with two attached hydrogens (primary N) is 2. The molecule has 4 aromatic rings. The highest BCUT2D eigenvalue weighted by atomic mass is 17.1. The molecule has 6 rings (SSSR count). The van der Waals surface area contributed by atoms with Gasteiger partial charge in [0.05, 0.1) is 31.3 Å². The quantitative estimate of drug-likeness (QED) is 0.0479. The molecule has 0 spiro atoms. The van der Waals surface area contributed by atoms with E-state index in [1.54, 1.807) is 93.6 Å². The number of rotatable bonds is 14. The van der Waals surface area contributed by atoms with Crippen LogP contribution in [0, 0.1) is 0 Å². The zero-order valence-corrected chi connectivity index (χ0v) is 32.7. The Morgan fingerprint density at radius 1 is 0.644 bits per heavy atom. The van der Waals surface area contributed by atoms with Crippen LogP contribution in [0.5, 0.6) is 23.0 Å². The molecule has 0 radical (unpaired) electrons. The first-order chi connectivity index (χ1) is 28.0. The fourth-order valence-electron chi connectivity index (χ4n) is 5.74. The van der Waals surface area contributed by atoms with E-state index in [-0.39, 0.29) is 49.4 Å². The normalized spacial score (nSPS) is 13.5. The van der Waals surface area contributed by atoms with E-state index in [1.807, 2.05) is 12.1 Å². The number of esters is 1. The lowest BCUT2D eigenvalue weighted by molar-refractivity contribution is -0.234. The summed E-state index contributed by atoms with van der Waals surface area (Å²) in [5.74, 6) is 0.217. The first-order valence-corrected chi connectivity index (χ1v) is 18.6. The molecule has 0 bridgehead atoms. The fourth-order valence-corrected chi connectivity index (χ4v) is 5.74. The van der Waals surface area contributed by atoms with Gasteiger partial charge in [-0.3, -0.25) is 24.0 Å². The summed E-state index contributed by atoms with van der Waals surface area (Å²) in [6.45, 7) is 5.36. The molecule has 17 nitrogen and oxygen atoms in total. The van der Waals surface area contributed by atoms with Gasteiger partial charge in [-0.15, -0.1) is 0 Å². The molecule has 0 fully saturated rings. The molecule has 2 aliphatic rings. The Balaban J connectivity index is 0.000000225. The molecule has 2 heterocycles. The van der Waals surface area contributed by atoms with Gasteiger partial charge in [-0.1, -0.05) is 0 Å². The number of amides is 4. The van der Waals surface area contributed by atoms with Crippen molar-refractivity contribution in [2.24, 2.45) is 11.5 Å². The molecule has 4 amide bonds. The number of carbonyl (C=O) groups excluding carboxylic acids is 6. The minimum Gasteiger partial charge on any atom is -0.460 e. The molecule has 0 unspecified atom stereocenters. The van der Waals surface area contributed by atoms with Crippen LogP contribution in [0.4, 0.5) is 22.7 Å². The average molecular weight is 811 g/mol. The Bertz CT molecular complexity index is 2190. The molecule has 59 heavy (non-hydrogen) atoms. The van der Waals surface area contributed by atoms with E-state index in [0.29, 0.717) is 47.2 Å². The van der Waals surface area contributed by atoms with Gasteiger partial charge >= 0.3 is 11.9 Å². The molecule has 0 aromatic heterocycles. The number of ether oxygens (including phenoxy) is 3. The molecular weight excluding hydrogens is 764 g/mol. The zero-order valence-electron chi connectivity index (χ0n) is 32.7. The Labute approximate surface area is 339 Å². The van der Waals surface area contributed by atoms with Gasteiger partial charge in [0.1, 0.15) is 28.6 Å². The topological polar surface area (TPSA) is 260 Å². The predicted molar refractivity (Wildman–Crippen MR) is 217 cm³/mol. The van der Waals surface area contributed by atoms with E-state index < -0.39 is 29.6 Å². The maximum Gasteiger partial charge on any atom is 0.342 e. The number of nitrogens with one attached hydrogen (secondary N) is 4. The van der Waals surface area contributed by atoms with Crippen molar-refractivity contribution < 1.29 is 53.1 Å². The van der Waals surface area contributed by atoms with Crippen molar-refractivity contribution in [2.45, 2.75) is 77.0 Å². The fraction of sp³-hybridized carbons (Fsp3) is 0.286. The van der Waals surface area contributed by atoms with E-state index in [4.69, 9.17) is 30.9 Å². The van der Waals surface area contributed by atoms with Gasteiger partial charge in [-0.25, -0.2) is 4.79 Å². The lowest BCUT2D eigenvalue weighted by Crippen LogP contribution is -2.36. The molecule has 17 heteroatoms. The van der Waals surface area contributed by atoms with E-state index in [9.17, 15) is 28.8 Å². The van der Waals surface area contributed by atoms with Crippen LogP contribution in [-0.4, -0.2) is 58.5 Å².